The zero-order valence-corrected chi connectivity index (χ0v) is 11.8. The van der Waals surface area contributed by atoms with Gasteiger partial charge in [0.25, 0.3) is 0 Å². The first-order valence-corrected chi connectivity index (χ1v) is 6.52. The van der Waals surface area contributed by atoms with Crippen LogP contribution < -0.4 is 9.47 Å². The van der Waals surface area contributed by atoms with Gasteiger partial charge in [0.05, 0.1) is 12.7 Å². The Labute approximate surface area is 125 Å². The highest BCUT2D eigenvalue weighted by Gasteiger charge is 2.09. The molecule has 7 heteroatoms. The van der Waals surface area contributed by atoms with Crippen LogP contribution in [0.3, 0.4) is 0 Å². The molecule has 0 aliphatic carbocycles. The average Bonchev–Trinajstić information content (AvgIpc) is 2.95. The summed E-state index contributed by atoms with van der Waals surface area (Å²) in [6.45, 7) is 0.157. The van der Waals surface area contributed by atoms with Crippen molar-refractivity contribution < 1.29 is 19.4 Å². The van der Waals surface area contributed by atoms with E-state index in [4.69, 9.17) is 14.6 Å². The third-order valence-corrected chi connectivity index (χ3v) is 3.05. The van der Waals surface area contributed by atoms with E-state index in [1.54, 1.807) is 25.4 Å². The minimum absolute atomic E-state index is 0.157. The summed E-state index contributed by atoms with van der Waals surface area (Å²) in [7, 11) is 1.57. The van der Waals surface area contributed by atoms with Gasteiger partial charge in [0.1, 0.15) is 6.61 Å². The van der Waals surface area contributed by atoms with Gasteiger partial charge in [-0.05, 0) is 24.3 Å². The summed E-state index contributed by atoms with van der Waals surface area (Å²) in [6.07, 6.45) is 1.55. The molecule has 0 unspecified atom stereocenters. The molecule has 0 saturated heterocycles. The molecule has 0 radical (unpaired) electrons. The summed E-state index contributed by atoms with van der Waals surface area (Å²) in [5.41, 5.74) is 0.621. The quantitative estimate of drug-likeness (QED) is 0.775. The minimum atomic E-state index is -1.00. The zero-order valence-electron chi connectivity index (χ0n) is 11.8. The number of carboxylic acids is 1. The maximum absolute atomic E-state index is 10.9. The number of rotatable bonds is 5. The normalized spacial score (nSPS) is 10.6. The number of carbonyl (C=O) groups is 1. The van der Waals surface area contributed by atoms with Crippen molar-refractivity contribution in [3.05, 3.63) is 54.0 Å². The van der Waals surface area contributed by atoms with Crippen LogP contribution in [0.4, 0.5) is 0 Å². The fraction of sp³-hybridized carbons (Fsp3) is 0.133. The van der Waals surface area contributed by atoms with Gasteiger partial charge in [-0.3, -0.25) is 0 Å². The lowest BCUT2D eigenvalue weighted by Gasteiger charge is -2.08. The number of para-hydroxylation sites is 2. The lowest BCUT2D eigenvalue weighted by molar-refractivity contribution is 0.0697. The molecule has 2 aromatic heterocycles. The first-order valence-electron chi connectivity index (χ1n) is 6.52. The molecule has 0 atom stereocenters. The summed E-state index contributed by atoms with van der Waals surface area (Å²) in [5, 5.41) is 13.2. The Morgan fingerprint density at radius 1 is 1.27 bits per heavy atom. The second-order valence-corrected chi connectivity index (χ2v) is 4.49. The van der Waals surface area contributed by atoms with Crippen molar-refractivity contribution in [2.24, 2.45) is 0 Å². The van der Waals surface area contributed by atoms with Gasteiger partial charge in [-0.2, -0.15) is 0 Å². The Balaban J connectivity index is 1.81. The van der Waals surface area contributed by atoms with E-state index in [0.717, 1.165) is 0 Å². The Kier molecular flexibility index (Phi) is 3.61. The van der Waals surface area contributed by atoms with Gasteiger partial charge in [0.2, 0.25) is 0 Å². The number of aromatic carboxylic acids is 1. The number of methoxy groups -OCH3 is 1. The van der Waals surface area contributed by atoms with E-state index in [1.165, 1.54) is 16.6 Å². The molecule has 0 bridgehead atoms. The summed E-state index contributed by atoms with van der Waals surface area (Å²) >= 11 is 0. The summed E-state index contributed by atoms with van der Waals surface area (Å²) in [6, 6.07) is 10.2. The SMILES string of the molecule is COc1ccccc1OCc1nc2cc(C(=O)O)ccn2n1. The molecule has 112 valence electrons. The van der Waals surface area contributed by atoms with Gasteiger partial charge in [0, 0.05) is 6.20 Å². The topological polar surface area (TPSA) is 86.0 Å². The van der Waals surface area contributed by atoms with Crippen LogP contribution in [-0.2, 0) is 6.61 Å². The molecule has 1 aromatic carbocycles. The summed E-state index contributed by atoms with van der Waals surface area (Å²) in [5.74, 6) is 0.667. The molecule has 0 fully saturated rings. The summed E-state index contributed by atoms with van der Waals surface area (Å²) < 4.78 is 12.3. The fourth-order valence-electron chi connectivity index (χ4n) is 2.00. The van der Waals surface area contributed by atoms with Crippen LogP contribution in [0.15, 0.2) is 42.6 Å². The standard InChI is InChI=1S/C15H13N3O4/c1-21-11-4-2-3-5-12(11)22-9-13-16-14-8-10(15(19)20)6-7-18(14)17-13/h2-8H,9H2,1H3,(H,19,20). The third kappa shape index (κ3) is 2.69. The van der Waals surface area contributed by atoms with E-state index >= 15 is 0 Å². The Morgan fingerprint density at radius 3 is 2.77 bits per heavy atom. The zero-order chi connectivity index (χ0) is 15.5. The molecule has 0 saturated carbocycles. The highest BCUT2D eigenvalue weighted by molar-refractivity contribution is 5.88. The Bertz CT molecular complexity index is 829. The number of nitrogens with zero attached hydrogens (tertiary/aromatic N) is 3. The van der Waals surface area contributed by atoms with Crippen molar-refractivity contribution in [2.75, 3.05) is 7.11 Å². The smallest absolute Gasteiger partial charge is 0.335 e. The summed E-state index contributed by atoms with van der Waals surface area (Å²) in [4.78, 5) is 15.2. The van der Waals surface area contributed by atoms with Gasteiger partial charge in [-0.25, -0.2) is 14.3 Å². The van der Waals surface area contributed by atoms with Crippen molar-refractivity contribution in [1.82, 2.24) is 14.6 Å². The number of benzene rings is 1. The fourth-order valence-corrected chi connectivity index (χ4v) is 2.00. The number of hydrogen-bond acceptors (Lipinski definition) is 5. The monoisotopic (exact) mass is 299 g/mol. The third-order valence-electron chi connectivity index (χ3n) is 3.05. The first-order chi connectivity index (χ1) is 10.7. The van der Waals surface area contributed by atoms with Crippen molar-refractivity contribution in [2.45, 2.75) is 6.61 Å². The molecule has 22 heavy (non-hydrogen) atoms. The maximum Gasteiger partial charge on any atom is 0.335 e. The molecule has 7 nitrogen and oxygen atoms in total. The van der Waals surface area contributed by atoms with Crippen molar-refractivity contribution in [1.29, 1.82) is 0 Å². The Morgan fingerprint density at radius 2 is 2.05 bits per heavy atom. The predicted octanol–water partition coefficient (Wildman–Crippen LogP) is 2.02. The van der Waals surface area contributed by atoms with E-state index in [0.29, 0.717) is 23.0 Å². The Hall–Kier alpha value is -3.09. The predicted molar refractivity (Wildman–Crippen MR) is 77.3 cm³/mol. The lowest BCUT2D eigenvalue weighted by Crippen LogP contribution is -1.99. The van der Waals surface area contributed by atoms with Gasteiger partial charge in [-0.15, -0.1) is 5.10 Å². The van der Waals surface area contributed by atoms with Gasteiger partial charge >= 0.3 is 5.97 Å². The number of ether oxygens (including phenoxy) is 2. The number of fused-ring (bicyclic) bond motifs is 1. The van der Waals surface area contributed by atoms with Crippen LogP contribution in [-0.4, -0.2) is 32.8 Å². The van der Waals surface area contributed by atoms with E-state index in [2.05, 4.69) is 10.1 Å². The van der Waals surface area contributed by atoms with Crippen LogP contribution in [0.5, 0.6) is 11.5 Å². The molecule has 0 amide bonds. The van der Waals surface area contributed by atoms with Crippen LogP contribution in [0.25, 0.3) is 5.65 Å². The first kappa shape index (κ1) is 13.9. The molecule has 3 rings (SSSR count). The van der Waals surface area contributed by atoms with Gasteiger partial charge in [-0.1, -0.05) is 12.1 Å². The molecular formula is C15H13N3O4. The molecule has 0 spiro atoms. The van der Waals surface area contributed by atoms with E-state index in [-0.39, 0.29) is 12.2 Å². The van der Waals surface area contributed by atoms with Crippen molar-refractivity contribution >= 4 is 11.6 Å². The van der Waals surface area contributed by atoms with Crippen molar-refractivity contribution in [3.8, 4) is 11.5 Å². The molecule has 3 aromatic rings. The molecule has 0 aliphatic rings. The second-order valence-electron chi connectivity index (χ2n) is 4.49. The number of aromatic nitrogens is 3. The average molecular weight is 299 g/mol. The number of pyridine rings is 1. The van der Waals surface area contributed by atoms with Crippen LogP contribution in [0.2, 0.25) is 0 Å². The molecule has 2 heterocycles. The van der Waals surface area contributed by atoms with Gasteiger partial charge in [0.15, 0.2) is 23.0 Å². The second kappa shape index (κ2) is 5.72. The molecular weight excluding hydrogens is 286 g/mol. The van der Waals surface area contributed by atoms with Gasteiger partial charge < -0.3 is 14.6 Å². The largest absolute Gasteiger partial charge is 0.493 e. The lowest BCUT2D eigenvalue weighted by atomic mass is 10.3. The minimum Gasteiger partial charge on any atom is -0.493 e. The number of hydrogen-bond donors (Lipinski definition) is 1. The van der Waals surface area contributed by atoms with E-state index < -0.39 is 5.97 Å². The van der Waals surface area contributed by atoms with Crippen LogP contribution in [0, 0.1) is 0 Å². The van der Waals surface area contributed by atoms with E-state index in [9.17, 15) is 4.79 Å². The highest BCUT2D eigenvalue weighted by atomic mass is 16.5. The molecule has 1 N–H and O–H groups in total. The van der Waals surface area contributed by atoms with Crippen molar-refractivity contribution in [3.63, 3.8) is 0 Å². The highest BCUT2D eigenvalue weighted by Crippen LogP contribution is 2.26. The molecule has 0 aliphatic heterocycles. The van der Waals surface area contributed by atoms with Crippen LogP contribution in [0.1, 0.15) is 16.2 Å². The number of carboxylic acid groups (broad SMARTS) is 1. The maximum atomic E-state index is 10.9. The van der Waals surface area contributed by atoms with E-state index in [1.807, 2.05) is 12.1 Å². The van der Waals surface area contributed by atoms with Crippen LogP contribution >= 0.6 is 0 Å².